The molecule has 3 rings (SSSR count). The molecule has 0 aliphatic heterocycles. The summed E-state index contributed by atoms with van der Waals surface area (Å²) in [5.41, 5.74) is 5.50. The number of hydrogen-bond donors (Lipinski definition) is 1. The van der Waals surface area contributed by atoms with Gasteiger partial charge in [0.25, 0.3) is 0 Å². The molecule has 1 heteroatoms. The molecule has 106 valence electrons. The van der Waals surface area contributed by atoms with Crippen LogP contribution in [0, 0.1) is 20.8 Å². The van der Waals surface area contributed by atoms with E-state index in [0.29, 0.717) is 0 Å². The first-order valence-electron chi connectivity index (χ1n) is 7.32. The van der Waals surface area contributed by atoms with Gasteiger partial charge in [-0.05, 0) is 59.4 Å². The molecule has 1 unspecified atom stereocenters. The van der Waals surface area contributed by atoms with Gasteiger partial charge in [-0.1, -0.05) is 54.6 Å². The average molecular weight is 276 g/mol. The fourth-order valence-electron chi connectivity index (χ4n) is 3.13. The maximum Gasteiger partial charge on any atom is 0.105 e. The molecule has 1 nitrogen and oxygen atoms in total. The highest BCUT2D eigenvalue weighted by molar-refractivity contribution is 5.89. The van der Waals surface area contributed by atoms with Crippen LogP contribution in [0.2, 0.25) is 0 Å². The van der Waals surface area contributed by atoms with Crippen LogP contribution >= 0.6 is 0 Å². The first-order chi connectivity index (χ1) is 10.1. The third-order valence-corrected chi connectivity index (χ3v) is 4.29. The Kier molecular flexibility index (Phi) is 3.52. The SMILES string of the molecule is Cc1cccc(C)c1C(O)c1ccc(C)c2ccccc12. The summed E-state index contributed by atoms with van der Waals surface area (Å²) in [6.45, 7) is 6.22. The van der Waals surface area contributed by atoms with Crippen molar-refractivity contribution in [3.63, 3.8) is 0 Å². The van der Waals surface area contributed by atoms with Gasteiger partial charge in [-0.15, -0.1) is 0 Å². The van der Waals surface area contributed by atoms with E-state index >= 15 is 0 Å². The van der Waals surface area contributed by atoms with Crippen molar-refractivity contribution < 1.29 is 5.11 Å². The van der Waals surface area contributed by atoms with E-state index in [1.165, 1.54) is 10.9 Å². The van der Waals surface area contributed by atoms with E-state index in [-0.39, 0.29) is 0 Å². The van der Waals surface area contributed by atoms with Crippen molar-refractivity contribution in [3.8, 4) is 0 Å². The Morgan fingerprint density at radius 1 is 0.667 bits per heavy atom. The molecule has 0 bridgehead atoms. The summed E-state index contributed by atoms with van der Waals surface area (Å²) >= 11 is 0. The van der Waals surface area contributed by atoms with Crippen LogP contribution in [-0.4, -0.2) is 5.11 Å². The topological polar surface area (TPSA) is 20.2 Å². The summed E-state index contributed by atoms with van der Waals surface area (Å²) in [6.07, 6.45) is -0.586. The van der Waals surface area contributed by atoms with Crippen molar-refractivity contribution in [2.45, 2.75) is 26.9 Å². The summed E-state index contributed by atoms with van der Waals surface area (Å²) in [5.74, 6) is 0. The average Bonchev–Trinajstić information content (AvgIpc) is 2.47. The summed E-state index contributed by atoms with van der Waals surface area (Å²) in [5, 5.41) is 13.3. The van der Waals surface area contributed by atoms with Crippen molar-refractivity contribution in [3.05, 3.63) is 82.4 Å². The lowest BCUT2D eigenvalue weighted by Gasteiger charge is -2.19. The number of rotatable bonds is 2. The molecule has 0 heterocycles. The van der Waals surface area contributed by atoms with Gasteiger partial charge >= 0.3 is 0 Å². The van der Waals surface area contributed by atoms with Crippen molar-refractivity contribution in [2.24, 2.45) is 0 Å². The van der Waals surface area contributed by atoms with Crippen LogP contribution in [0.25, 0.3) is 10.8 Å². The Bertz CT molecular complexity index is 782. The molecule has 1 atom stereocenters. The first kappa shape index (κ1) is 13.8. The van der Waals surface area contributed by atoms with Crippen LogP contribution in [0.4, 0.5) is 0 Å². The van der Waals surface area contributed by atoms with Crippen LogP contribution in [0.3, 0.4) is 0 Å². The van der Waals surface area contributed by atoms with Crippen LogP contribution in [-0.2, 0) is 0 Å². The van der Waals surface area contributed by atoms with Gasteiger partial charge < -0.3 is 5.11 Å². The Morgan fingerprint density at radius 2 is 1.29 bits per heavy atom. The number of aryl methyl sites for hydroxylation is 3. The number of benzene rings is 3. The highest BCUT2D eigenvalue weighted by Crippen LogP contribution is 2.33. The molecule has 0 aliphatic carbocycles. The lowest BCUT2D eigenvalue weighted by Crippen LogP contribution is -2.05. The first-order valence-corrected chi connectivity index (χ1v) is 7.32. The van der Waals surface area contributed by atoms with E-state index in [1.807, 2.05) is 24.3 Å². The molecule has 21 heavy (non-hydrogen) atoms. The van der Waals surface area contributed by atoms with Gasteiger partial charge in [-0.3, -0.25) is 0 Å². The highest BCUT2D eigenvalue weighted by atomic mass is 16.3. The second kappa shape index (κ2) is 5.34. The predicted octanol–water partition coefficient (Wildman–Crippen LogP) is 4.85. The number of aliphatic hydroxyl groups is 1. The van der Waals surface area contributed by atoms with Crippen molar-refractivity contribution in [1.82, 2.24) is 0 Å². The Balaban J connectivity index is 2.23. The second-order valence-electron chi connectivity index (χ2n) is 5.73. The molecule has 0 amide bonds. The van der Waals surface area contributed by atoms with E-state index in [2.05, 4.69) is 51.1 Å². The van der Waals surface area contributed by atoms with Crippen LogP contribution in [0.5, 0.6) is 0 Å². The molecule has 0 radical (unpaired) electrons. The van der Waals surface area contributed by atoms with E-state index < -0.39 is 6.10 Å². The smallest absolute Gasteiger partial charge is 0.105 e. The fraction of sp³-hybridized carbons (Fsp3) is 0.200. The molecule has 0 fully saturated rings. The van der Waals surface area contributed by atoms with Gasteiger partial charge in [0, 0.05) is 0 Å². The predicted molar refractivity (Wildman–Crippen MR) is 88.7 cm³/mol. The van der Waals surface area contributed by atoms with Gasteiger partial charge in [-0.2, -0.15) is 0 Å². The Labute approximate surface area is 125 Å². The number of fused-ring (bicyclic) bond motifs is 1. The molecule has 0 aromatic heterocycles. The third-order valence-electron chi connectivity index (χ3n) is 4.29. The minimum atomic E-state index is -0.586. The van der Waals surface area contributed by atoms with Gasteiger partial charge in [0.05, 0.1) is 0 Å². The van der Waals surface area contributed by atoms with E-state index in [9.17, 15) is 5.11 Å². The lowest BCUT2D eigenvalue weighted by molar-refractivity contribution is 0.220. The van der Waals surface area contributed by atoms with Gasteiger partial charge in [0.2, 0.25) is 0 Å². The second-order valence-corrected chi connectivity index (χ2v) is 5.73. The fourth-order valence-corrected chi connectivity index (χ4v) is 3.13. The minimum Gasteiger partial charge on any atom is -0.384 e. The van der Waals surface area contributed by atoms with Crippen LogP contribution in [0.15, 0.2) is 54.6 Å². The van der Waals surface area contributed by atoms with E-state index in [0.717, 1.165) is 27.6 Å². The van der Waals surface area contributed by atoms with E-state index in [4.69, 9.17) is 0 Å². The molecular formula is C20H20O. The molecule has 0 spiro atoms. The maximum absolute atomic E-state index is 10.9. The standard InChI is InChI=1S/C20H20O/c1-13-11-12-18(17-10-5-4-9-16(13)17)20(21)19-14(2)7-6-8-15(19)3/h4-12,20-21H,1-3H3. The summed E-state index contributed by atoms with van der Waals surface area (Å²) in [7, 11) is 0. The monoisotopic (exact) mass is 276 g/mol. The maximum atomic E-state index is 10.9. The van der Waals surface area contributed by atoms with Crippen LogP contribution in [0.1, 0.15) is 33.9 Å². The van der Waals surface area contributed by atoms with Crippen molar-refractivity contribution in [1.29, 1.82) is 0 Å². The zero-order valence-corrected chi connectivity index (χ0v) is 12.7. The van der Waals surface area contributed by atoms with Gasteiger partial charge in [0.15, 0.2) is 0 Å². The summed E-state index contributed by atoms with van der Waals surface area (Å²) < 4.78 is 0. The quantitative estimate of drug-likeness (QED) is 0.709. The summed E-state index contributed by atoms with van der Waals surface area (Å²) in [6, 6.07) is 18.6. The van der Waals surface area contributed by atoms with Crippen molar-refractivity contribution >= 4 is 10.8 Å². The number of hydrogen-bond acceptors (Lipinski definition) is 1. The minimum absolute atomic E-state index is 0.586. The lowest BCUT2D eigenvalue weighted by atomic mass is 9.89. The largest absolute Gasteiger partial charge is 0.384 e. The molecule has 0 saturated carbocycles. The zero-order valence-electron chi connectivity index (χ0n) is 12.7. The Morgan fingerprint density at radius 3 is 1.95 bits per heavy atom. The van der Waals surface area contributed by atoms with Gasteiger partial charge in [-0.25, -0.2) is 0 Å². The third kappa shape index (κ3) is 2.34. The summed E-state index contributed by atoms with van der Waals surface area (Å²) in [4.78, 5) is 0. The normalized spacial score (nSPS) is 12.6. The molecular weight excluding hydrogens is 256 g/mol. The molecule has 0 aliphatic rings. The van der Waals surface area contributed by atoms with E-state index in [1.54, 1.807) is 0 Å². The van der Waals surface area contributed by atoms with Gasteiger partial charge in [0.1, 0.15) is 6.10 Å². The highest BCUT2D eigenvalue weighted by Gasteiger charge is 2.17. The number of aliphatic hydroxyl groups excluding tert-OH is 1. The molecule has 3 aromatic rings. The molecule has 3 aromatic carbocycles. The molecule has 1 N–H and O–H groups in total. The van der Waals surface area contributed by atoms with Crippen LogP contribution < -0.4 is 0 Å². The Hall–Kier alpha value is -2.12. The molecule has 0 saturated heterocycles. The zero-order chi connectivity index (χ0) is 15.0. The van der Waals surface area contributed by atoms with Crippen molar-refractivity contribution in [2.75, 3.05) is 0 Å².